The van der Waals surface area contributed by atoms with Gasteiger partial charge in [-0.25, -0.2) is 4.68 Å². The number of aryl methyl sites for hydroxylation is 1. The summed E-state index contributed by atoms with van der Waals surface area (Å²) in [7, 11) is 0. The topological polar surface area (TPSA) is 62.3 Å². The molecule has 2 heterocycles. The summed E-state index contributed by atoms with van der Waals surface area (Å²) >= 11 is 6.27. The van der Waals surface area contributed by atoms with Gasteiger partial charge in [-0.1, -0.05) is 11.6 Å². The fourth-order valence-electron chi connectivity index (χ4n) is 2.24. The Kier molecular flexibility index (Phi) is 3.44. The van der Waals surface area contributed by atoms with Crippen LogP contribution in [0.15, 0.2) is 18.2 Å². The first kappa shape index (κ1) is 13.1. The quantitative estimate of drug-likeness (QED) is 0.924. The number of benzene rings is 1. The van der Waals surface area contributed by atoms with Gasteiger partial charge in [0.15, 0.2) is 11.5 Å². The van der Waals surface area contributed by atoms with Crippen molar-refractivity contribution in [3.63, 3.8) is 0 Å². The smallest absolute Gasteiger partial charge is 0.179 e. The number of nitrogen functional groups attached to an aromatic ring is 1. The van der Waals surface area contributed by atoms with E-state index >= 15 is 0 Å². The molecule has 5 nitrogen and oxygen atoms in total. The molecule has 6 heteroatoms. The molecule has 1 aliphatic heterocycles. The number of ether oxygens (including phenoxy) is 2. The summed E-state index contributed by atoms with van der Waals surface area (Å²) in [6.07, 6.45) is 0.853. The zero-order valence-electron chi connectivity index (χ0n) is 11.2. The Morgan fingerprint density at radius 2 is 2.10 bits per heavy atom. The molecule has 0 radical (unpaired) electrons. The molecular weight excluding hydrogens is 278 g/mol. The van der Waals surface area contributed by atoms with Crippen LogP contribution in [0.4, 0.5) is 5.82 Å². The van der Waals surface area contributed by atoms with Crippen molar-refractivity contribution in [1.29, 1.82) is 0 Å². The number of nitrogens with two attached hydrogens (primary N) is 1. The van der Waals surface area contributed by atoms with E-state index < -0.39 is 0 Å². The van der Waals surface area contributed by atoms with Crippen LogP contribution in [0.2, 0.25) is 5.02 Å². The number of rotatable bonds is 2. The van der Waals surface area contributed by atoms with Gasteiger partial charge >= 0.3 is 0 Å². The molecule has 0 fully saturated rings. The van der Waals surface area contributed by atoms with Crippen LogP contribution >= 0.6 is 11.6 Å². The fraction of sp³-hybridized carbons (Fsp3) is 0.357. The molecule has 0 saturated carbocycles. The average Bonchev–Trinajstić information content (AvgIpc) is 2.61. The van der Waals surface area contributed by atoms with E-state index in [0.29, 0.717) is 42.1 Å². The van der Waals surface area contributed by atoms with Crippen LogP contribution in [0, 0.1) is 6.92 Å². The molecule has 0 bridgehead atoms. The maximum absolute atomic E-state index is 6.27. The van der Waals surface area contributed by atoms with E-state index in [2.05, 4.69) is 5.10 Å². The highest BCUT2D eigenvalue weighted by Gasteiger charge is 2.16. The maximum atomic E-state index is 6.27. The first-order valence-corrected chi connectivity index (χ1v) is 6.89. The maximum Gasteiger partial charge on any atom is 0.179 e. The predicted octanol–water partition coefficient (Wildman–Crippen LogP) is 2.64. The van der Waals surface area contributed by atoms with E-state index in [4.69, 9.17) is 26.8 Å². The number of anilines is 1. The Balaban J connectivity index is 1.93. The Labute approximate surface area is 122 Å². The van der Waals surface area contributed by atoms with E-state index in [9.17, 15) is 0 Å². The van der Waals surface area contributed by atoms with Gasteiger partial charge in [0.1, 0.15) is 5.82 Å². The van der Waals surface area contributed by atoms with Crippen molar-refractivity contribution in [2.45, 2.75) is 19.9 Å². The van der Waals surface area contributed by atoms with Crippen molar-refractivity contribution in [2.75, 3.05) is 18.9 Å². The third-order valence-corrected chi connectivity index (χ3v) is 3.41. The lowest BCUT2D eigenvalue weighted by atomic mass is 10.2. The van der Waals surface area contributed by atoms with E-state index in [1.54, 1.807) is 4.68 Å². The normalized spacial score (nSPS) is 14.1. The van der Waals surface area contributed by atoms with Crippen molar-refractivity contribution < 1.29 is 9.47 Å². The molecule has 1 aromatic heterocycles. The van der Waals surface area contributed by atoms with Crippen molar-refractivity contribution >= 4 is 17.4 Å². The second kappa shape index (κ2) is 5.25. The summed E-state index contributed by atoms with van der Waals surface area (Å²) in [5.74, 6) is 1.94. The van der Waals surface area contributed by atoms with Gasteiger partial charge in [0, 0.05) is 12.5 Å². The van der Waals surface area contributed by atoms with Crippen molar-refractivity contribution in [3.05, 3.63) is 34.5 Å². The van der Waals surface area contributed by atoms with Crippen LogP contribution in [0.25, 0.3) is 0 Å². The molecule has 0 amide bonds. The number of fused-ring (bicyclic) bond motifs is 1. The molecule has 0 unspecified atom stereocenters. The van der Waals surface area contributed by atoms with Crippen molar-refractivity contribution in [1.82, 2.24) is 9.78 Å². The molecule has 106 valence electrons. The zero-order chi connectivity index (χ0) is 14.1. The summed E-state index contributed by atoms with van der Waals surface area (Å²) in [5.41, 5.74) is 7.77. The molecule has 0 saturated heterocycles. The van der Waals surface area contributed by atoms with Crippen LogP contribution in [0.5, 0.6) is 11.5 Å². The van der Waals surface area contributed by atoms with Crippen LogP contribution in [-0.2, 0) is 6.54 Å². The Morgan fingerprint density at radius 3 is 2.85 bits per heavy atom. The van der Waals surface area contributed by atoms with Gasteiger partial charge in [-0.15, -0.1) is 0 Å². The van der Waals surface area contributed by atoms with Crippen LogP contribution in [0.1, 0.15) is 17.7 Å². The van der Waals surface area contributed by atoms with Gasteiger partial charge in [-0.3, -0.25) is 0 Å². The molecule has 0 aliphatic carbocycles. The van der Waals surface area contributed by atoms with Gasteiger partial charge in [-0.05, 0) is 24.6 Å². The minimum absolute atomic E-state index is 0.552. The number of nitrogens with zero attached hydrogens (tertiary/aromatic N) is 2. The summed E-state index contributed by atoms with van der Waals surface area (Å²) in [6.45, 7) is 3.72. The van der Waals surface area contributed by atoms with Crippen LogP contribution in [0.3, 0.4) is 0 Å². The van der Waals surface area contributed by atoms with Crippen molar-refractivity contribution in [3.8, 4) is 11.5 Å². The van der Waals surface area contributed by atoms with Gasteiger partial charge in [0.2, 0.25) is 0 Å². The summed E-state index contributed by atoms with van der Waals surface area (Å²) in [5, 5.41) is 4.90. The number of halogens is 1. The van der Waals surface area contributed by atoms with E-state index in [-0.39, 0.29) is 0 Å². The first-order valence-electron chi connectivity index (χ1n) is 6.51. The van der Waals surface area contributed by atoms with Crippen molar-refractivity contribution in [2.24, 2.45) is 0 Å². The SMILES string of the molecule is Cc1cc(N)n(Cc2cc(Cl)c3c(c2)OCCCO3)n1. The van der Waals surface area contributed by atoms with Gasteiger partial charge in [-0.2, -0.15) is 5.10 Å². The zero-order valence-corrected chi connectivity index (χ0v) is 12.0. The van der Waals surface area contributed by atoms with E-state index in [0.717, 1.165) is 17.7 Å². The molecule has 3 rings (SSSR count). The molecule has 20 heavy (non-hydrogen) atoms. The minimum Gasteiger partial charge on any atom is -0.489 e. The lowest BCUT2D eigenvalue weighted by Crippen LogP contribution is -2.06. The molecule has 2 N–H and O–H groups in total. The number of hydrogen-bond donors (Lipinski definition) is 1. The third-order valence-electron chi connectivity index (χ3n) is 3.13. The summed E-state index contributed by atoms with van der Waals surface area (Å²) in [4.78, 5) is 0. The molecule has 2 aromatic rings. The van der Waals surface area contributed by atoms with Gasteiger partial charge in [0.05, 0.1) is 30.5 Å². The second-order valence-corrected chi connectivity index (χ2v) is 5.23. The highest BCUT2D eigenvalue weighted by molar-refractivity contribution is 6.32. The largest absolute Gasteiger partial charge is 0.489 e. The summed E-state index contributed by atoms with van der Waals surface area (Å²) < 4.78 is 13.0. The highest BCUT2D eigenvalue weighted by atomic mass is 35.5. The minimum atomic E-state index is 0.552. The van der Waals surface area contributed by atoms with Gasteiger partial charge < -0.3 is 15.2 Å². The predicted molar refractivity (Wildman–Crippen MR) is 77.5 cm³/mol. The fourth-order valence-corrected chi connectivity index (χ4v) is 2.53. The highest BCUT2D eigenvalue weighted by Crippen LogP contribution is 2.38. The summed E-state index contributed by atoms with van der Waals surface area (Å²) in [6, 6.07) is 5.64. The standard InChI is InChI=1S/C14H16ClN3O2/c1-9-5-13(16)18(17-9)8-10-6-11(15)14-12(7-10)19-3-2-4-20-14/h5-7H,2-4,8,16H2,1H3. The van der Waals surface area contributed by atoms with E-state index in [1.807, 2.05) is 25.1 Å². The second-order valence-electron chi connectivity index (χ2n) is 4.82. The third kappa shape index (κ3) is 2.54. The number of hydrogen-bond acceptors (Lipinski definition) is 4. The molecular formula is C14H16ClN3O2. The van der Waals surface area contributed by atoms with Gasteiger partial charge in [0.25, 0.3) is 0 Å². The first-order chi connectivity index (χ1) is 9.63. The lowest BCUT2D eigenvalue weighted by molar-refractivity contribution is 0.297. The molecule has 1 aromatic carbocycles. The van der Waals surface area contributed by atoms with Crippen LogP contribution in [-0.4, -0.2) is 23.0 Å². The number of aromatic nitrogens is 2. The average molecular weight is 294 g/mol. The monoisotopic (exact) mass is 293 g/mol. The molecule has 0 atom stereocenters. The molecule has 1 aliphatic rings. The Hall–Kier alpha value is -1.88. The van der Waals surface area contributed by atoms with E-state index in [1.165, 1.54) is 0 Å². The Bertz CT molecular complexity index is 640. The van der Waals surface area contributed by atoms with Crippen LogP contribution < -0.4 is 15.2 Å². The lowest BCUT2D eigenvalue weighted by Gasteiger charge is -2.12. The molecule has 0 spiro atoms. The Morgan fingerprint density at radius 1 is 1.30 bits per heavy atom.